The van der Waals surface area contributed by atoms with Gasteiger partial charge in [-0.3, -0.25) is 4.57 Å². The molecule has 0 spiro atoms. The van der Waals surface area contributed by atoms with Crippen molar-refractivity contribution in [3.8, 4) is 0 Å². The Hall–Kier alpha value is -2.21. The molecule has 0 amide bonds. The summed E-state index contributed by atoms with van der Waals surface area (Å²) in [5.41, 5.74) is 1.45. The van der Waals surface area contributed by atoms with Crippen LogP contribution in [0.4, 0.5) is 10.2 Å². The summed E-state index contributed by atoms with van der Waals surface area (Å²) in [5.74, 6) is 0.654. The van der Waals surface area contributed by atoms with Crippen LogP contribution in [0.1, 0.15) is 17.7 Å². The first-order valence-corrected chi connectivity index (χ1v) is 7.90. The van der Waals surface area contributed by atoms with E-state index >= 15 is 0 Å². The van der Waals surface area contributed by atoms with Crippen molar-refractivity contribution in [1.82, 2.24) is 9.55 Å². The number of rotatable bonds is 3. The van der Waals surface area contributed by atoms with E-state index < -0.39 is 0 Å². The smallest absolute Gasteiger partial charge is 0.349 e. The third-order valence-electron chi connectivity index (χ3n) is 4.56. The van der Waals surface area contributed by atoms with Crippen LogP contribution in [0, 0.1) is 5.82 Å². The summed E-state index contributed by atoms with van der Waals surface area (Å²) in [6.45, 7) is 1.95. The zero-order valence-electron chi connectivity index (χ0n) is 12.7. The Morgan fingerprint density at radius 2 is 2.22 bits per heavy atom. The normalized spacial score (nSPS) is 19.5. The van der Waals surface area contributed by atoms with E-state index in [1.54, 1.807) is 10.6 Å². The van der Waals surface area contributed by atoms with Gasteiger partial charge in [0.05, 0.1) is 18.3 Å². The lowest BCUT2D eigenvalue weighted by Gasteiger charge is -2.30. The summed E-state index contributed by atoms with van der Waals surface area (Å²) in [4.78, 5) is 18.6. The van der Waals surface area contributed by atoms with Crippen LogP contribution in [0.2, 0.25) is 0 Å². The molecule has 1 aromatic heterocycles. The topological polar surface area (TPSA) is 47.4 Å². The molecule has 23 heavy (non-hydrogen) atoms. The van der Waals surface area contributed by atoms with E-state index in [0.717, 1.165) is 30.1 Å². The van der Waals surface area contributed by atoms with Crippen molar-refractivity contribution in [3.63, 3.8) is 0 Å². The van der Waals surface area contributed by atoms with Gasteiger partial charge in [-0.25, -0.2) is 9.18 Å². The monoisotopic (exact) mass is 315 g/mol. The Balaban J connectivity index is 1.57. The molecule has 120 valence electrons. The summed E-state index contributed by atoms with van der Waals surface area (Å²) in [5, 5.41) is 0. The number of fused-ring (bicyclic) bond motifs is 3. The van der Waals surface area contributed by atoms with Gasteiger partial charge in [0.2, 0.25) is 0 Å². The minimum Gasteiger partial charge on any atom is -0.361 e. The Labute approximate surface area is 133 Å². The average molecular weight is 315 g/mol. The molecule has 0 N–H and O–H groups in total. The fourth-order valence-electron chi connectivity index (χ4n) is 3.34. The highest BCUT2D eigenvalue weighted by Crippen LogP contribution is 2.28. The maximum atomic E-state index is 13.2. The lowest BCUT2D eigenvalue weighted by Crippen LogP contribution is -2.39. The number of benzene rings is 1. The van der Waals surface area contributed by atoms with Crippen LogP contribution in [0.3, 0.4) is 0 Å². The standard InChI is InChI=1S/C17H18FN3O2/c18-13-3-1-2-12(8-13)4-5-14-9-16-20(17(22)19-14)10-15-6-7-23-11-21(15)16/h1-3,8-9,15H,4-7,10-11H2. The molecule has 2 aromatic rings. The van der Waals surface area contributed by atoms with E-state index in [1.165, 1.54) is 12.1 Å². The van der Waals surface area contributed by atoms with Crippen LogP contribution in [0.15, 0.2) is 35.1 Å². The van der Waals surface area contributed by atoms with Crippen LogP contribution in [-0.2, 0) is 24.1 Å². The molecule has 0 aliphatic carbocycles. The number of hydrogen-bond acceptors (Lipinski definition) is 4. The molecule has 0 saturated carbocycles. The third-order valence-corrected chi connectivity index (χ3v) is 4.56. The lowest BCUT2D eigenvalue weighted by molar-refractivity contribution is 0.0904. The summed E-state index contributed by atoms with van der Waals surface area (Å²) in [7, 11) is 0. The van der Waals surface area contributed by atoms with Gasteiger partial charge in [0, 0.05) is 12.6 Å². The predicted octanol–water partition coefficient (Wildman–Crippen LogP) is 1.73. The number of aromatic nitrogens is 2. The highest BCUT2D eigenvalue weighted by atomic mass is 19.1. The molecule has 1 aromatic carbocycles. The first-order chi connectivity index (χ1) is 11.2. The predicted molar refractivity (Wildman–Crippen MR) is 84.0 cm³/mol. The molecule has 6 heteroatoms. The van der Waals surface area contributed by atoms with Gasteiger partial charge in [-0.05, 0) is 37.0 Å². The van der Waals surface area contributed by atoms with Gasteiger partial charge in [-0.2, -0.15) is 4.98 Å². The molecular weight excluding hydrogens is 297 g/mol. The van der Waals surface area contributed by atoms with Crippen LogP contribution in [0.5, 0.6) is 0 Å². The Morgan fingerprint density at radius 1 is 1.30 bits per heavy atom. The number of aryl methyl sites for hydroxylation is 2. The fourth-order valence-corrected chi connectivity index (χ4v) is 3.34. The molecule has 4 rings (SSSR count). The molecular formula is C17H18FN3O2. The van der Waals surface area contributed by atoms with Gasteiger partial charge in [-0.15, -0.1) is 0 Å². The summed E-state index contributed by atoms with van der Waals surface area (Å²) >= 11 is 0. The van der Waals surface area contributed by atoms with Crippen LogP contribution >= 0.6 is 0 Å². The molecule has 2 aliphatic rings. The van der Waals surface area contributed by atoms with Crippen LogP contribution in [-0.4, -0.2) is 28.9 Å². The Kier molecular flexibility index (Phi) is 3.61. The van der Waals surface area contributed by atoms with E-state index in [2.05, 4.69) is 9.88 Å². The molecule has 1 saturated heterocycles. The molecule has 2 aliphatic heterocycles. The zero-order valence-corrected chi connectivity index (χ0v) is 12.7. The largest absolute Gasteiger partial charge is 0.361 e. The van der Waals surface area contributed by atoms with E-state index in [4.69, 9.17) is 4.74 Å². The van der Waals surface area contributed by atoms with E-state index in [9.17, 15) is 9.18 Å². The van der Waals surface area contributed by atoms with Gasteiger partial charge in [0.25, 0.3) is 0 Å². The summed E-state index contributed by atoms with van der Waals surface area (Å²) < 4.78 is 20.5. The summed E-state index contributed by atoms with van der Waals surface area (Å²) in [6, 6.07) is 8.84. The highest BCUT2D eigenvalue weighted by molar-refractivity contribution is 5.45. The quantitative estimate of drug-likeness (QED) is 0.865. The maximum Gasteiger partial charge on any atom is 0.349 e. The van der Waals surface area contributed by atoms with Crippen molar-refractivity contribution in [2.45, 2.75) is 31.8 Å². The number of nitrogens with zero attached hydrogens (tertiary/aromatic N) is 3. The second kappa shape index (κ2) is 5.77. The van der Waals surface area contributed by atoms with E-state index in [0.29, 0.717) is 32.2 Å². The third kappa shape index (κ3) is 2.74. The first kappa shape index (κ1) is 14.4. The van der Waals surface area contributed by atoms with Gasteiger partial charge < -0.3 is 9.64 Å². The number of anilines is 1. The van der Waals surface area contributed by atoms with Crippen molar-refractivity contribution in [2.24, 2.45) is 0 Å². The highest BCUT2D eigenvalue weighted by Gasteiger charge is 2.32. The van der Waals surface area contributed by atoms with Gasteiger partial charge in [0.15, 0.2) is 0 Å². The van der Waals surface area contributed by atoms with Crippen molar-refractivity contribution in [2.75, 3.05) is 18.2 Å². The summed E-state index contributed by atoms with van der Waals surface area (Å²) in [6.07, 6.45) is 2.21. The van der Waals surface area contributed by atoms with E-state index in [1.807, 2.05) is 12.1 Å². The first-order valence-electron chi connectivity index (χ1n) is 7.90. The van der Waals surface area contributed by atoms with Crippen molar-refractivity contribution < 1.29 is 9.13 Å². The van der Waals surface area contributed by atoms with Crippen LogP contribution < -0.4 is 10.6 Å². The number of hydrogen-bond donors (Lipinski definition) is 0. The van der Waals surface area contributed by atoms with Crippen molar-refractivity contribution >= 4 is 5.82 Å². The maximum absolute atomic E-state index is 13.2. The van der Waals surface area contributed by atoms with Crippen molar-refractivity contribution in [3.05, 3.63) is 57.9 Å². The minimum absolute atomic E-state index is 0.203. The number of halogens is 1. The van der Waals surface area contributed by atoms with Crippen molar-refractivity contribution in [1.29, 1.82) is 0 Å². The van der Waals surface area contributed by atoms with Gasteiger partial charge in [0.1, 0.15) is 18.4 Å². The average Bonchev–Trinajstić information content (AvgIpc) is 2.93. The van der Waals surface area contributed by atoms with E-state index in [-0.39, 0.29) is 11.5 Å². The Bertz CT molecular complexity index is 790. The minimum atomic E-state index is -0.238. The number of ether oxygens (including phenoxy) is 1. The molecule has 0 bridgehead atoms. The molecule has 1 atom stereocenters. The van der Waals surface area contributed by atoms with Gasteiger partial charge in [-0.1, -0.05) is 12.1 Å². The fraction of sp³-hybridized carbons (Fsp3) is 0.412. The second-order valence-corrected chi connectivity index (χ2v) is 6.08. The second-order valence-electron chi connectivity index (χ2n) is 6.08. The lowest BCUT2D eigenvalue weighted by atomic mass is 10.1. The zero-order chi connectivity index (χ0) is 15.8. The molecule has 1 fully saturated rings. The molecule has 1 unspecified atom stereocenters. The Morgan fingerprint density at radius 3 is 3.09 bits per heavy atom. The molecule has 3 heterocycles. The molecule has 5 nitrogen and oxygen atoms in total. The van der Waals surface area contributed by atoms with Crippen LogP contribution in [0.25, 0.3) is 0 Å². The van der Waals surface area contributed by atoms with Gasteiger partial charge >= 0.3 is 5.69 Å². The molecule has 0 radical (unpaired) electrons. The SMILES string of the molecule is O=c1nc(CCc2cccc(F)c2)cc2n1CC1CCOCN21.